The minimum Gasteiger partial charge on any atom is -0.337 e. The van der Waals surface area contributed by atoms with E-state index in [4.69, 9.17) is 0 Å². The number of rotatable bonds is 3. The minimum absolute atomic E-state index is 0.0689. The van der Waals surface area contributed by atoms with Gasteiger partial charge >= 0.3 is 12.2 Å². The lowest BCUT2D eigenvalue weighted by molar-refractivity contribution is -0.144. The summed E-state index contributed by atoms with van der Waals surface area (Å²) in [7, 11) is 0. The first-order chi connectivity index (χ1) is 17.2. The molecule has 0 N–H and O–H groups in total. The summed E-state index contributed by atoms with van der Waals surface area (Å²) in [6.07, 6.45) is -1.16. The van der Waals surface area contributed by atoms with Crippen molar-refractivity contribution in [3.63, 3.8) is 0 Å². The first-order valence-electron chi connectivity index (χ1n) is 10.8. The predicted molar refractivity (Wildman–Crippen MR) is 115 cm³/mol. The molecule has 1 atom stereocenters. The summed E-state index contributed by atoms with van der Waals surface area (Å²) < 4.78 is 66.9. The Labute approximate surface area is 200 Å². The molecule has 1 saturated heterocycles. The summed E-state index contributed by atoms with van der Waals surface area (Å²) in [5, 5.41) is 8.74. The van der Waals surface area contributed by atoms with Gasteiger partial charge in [-0.25, -0.2) is 28.6 Å². The van der Waals surface area contributed by atoms with Crippen molar-refractivity contribution in [3.05, 3.63) is 59.8 Å². The zero-order chi connectivity index (χ0) is 25.4. The van der Waals surface area contributed by atoms with Crippen molar-refractivity contribution in [2.75, 3.05) is 31.1 Å². The van der Waals surface area contributed by atoms with Crippen LogP contribution in [0, 0.1) is 11.6 Å². The number of carbonyl (C=O) groups is 1. The van der Waals surface area contributed by atoms with E-state index in [0.717, 1.165) is 12.5 Å². The Bertz CT molecular complexity index is 1300. The third-order valence-corrected chi connectivity index (χ3v) is 5.77. The van der Waals surface area contributed by atoms with Crippen molar-refractivity contribution in [2.24, 2.45) is 5.10 Å². The SMILES string of the molecule is O=C(N1CCN(c2ncc(F)c(-n3cnc(C(F)(F)F)n3)n2)CC1)N1N=CC[C@H]1c1cccc(F)c1. The first-order valence-corrected chi connectivity index (χ1v) is 10.8. The van der Waals surface area contributed by atoms with E-state index in [9.17, 15) is 26.7 Å². The summed E-state index contributed by atoms with van der Waals surface area (Å²) >= 11 is 0. The Morgan fingerprint density at radius 2 is 1.83 bits per heavy atom. The van der Waals surface area contributed by atoms with Crippen LogP contribution in [0.1, 0.15) is 23.9 Å². The maximum Gasteiger partial charge on any atom is 0.453 e. The van der Waals surface area contributed by atoms with Gasteiger partial charge in [0.05, 0.1) is 12.2 Å². The van der Waals surface area contributed by atoms with E-state index in [0.29, 0.717) is 16.7 Å². The van der Waals surface area contributed by atoms with E-state index in [-0.39, 0.29) is 38.2 Å². The number of hydrazone groups is 1. The lowest BCUT2D eigenvalue weighted by atomic mass is 10.0. The maximum absolute atomic E-state index is 14.3. The second-order valence-electron chi connectivity index (χ2n) is 8.06. The number of aromatic nitrogens is 5. The normalized spacial score (nSPS) is 18.2. The summed E-state index contributed by atoms with van der Waals surface area (Å²) in [4.78, 5) is 27.5. The number of urea groups is 1. The largest absolute Gasteiger partial charge is 0.453 e. The van der Waals surface area contributed by atoms with E-state index < -0.39 is 35.5 Å². The minimum atomic E-state index is -4.78. The average molecular weight is 507 g/mol. The fourth-order valence-corrected chi connectivity index (χ4v) is 3.99. The molecule has 0 bridgehead atoms. The van der Waals surface area contributed by atoms with Gasteiger partial charge < -0.3 is 9.80 Å². The quantitative estimate of drug-likeness (QED) is 0.506. The molecule has 2 aliphatic rings. The van der Waals surface area contributed by atoms with Crippen LogP contribution in [0.15, 0.2) is 41.9 Å². The van der Waals surface area contributed by atoms with Gasteiger partial charge in [0.25, 0.3) is 5.82 Å². The van der Waals surface area contributed by atoms with E-state index >= 15 is 0 Å². The number of hydrogen-bond acceptors (Lipinski definition) is 7. The van der Waals surface area contributed by atoms with Gasteiger partial charge in [0.15, 0.2) is 11.6 Å². The molecular formula is C21H18F5N9O. The number of nitrogens with zero attached hydrogens (tertiary/aromatic N) is 9. The molecule has 4 heterocycles. The molecule has 2 amide bonds. The second kappa shape index (κ2) is 9.13. The highest BCUT2D eigenvalue weighted by molar-refractivity contribution is 5.78. The monoisotopic (exact) mass is 507 g/mol. The molecule has 188 valence electrons. The number of halogens is 5. The molecule has 1 fully saturated rings. The lowest BCUT2D eigenvalue weighted by Gasteiger charge is -2.37. The van der Waals surface area contributed by atoms with Crippen LogP contribution < -0.4 is 4.90 Å². The Balaban J connectivity index is 1.27. The lowest BCUT2D eigenvalue weighted by Crippen LogP contribution is -2.52. The Kier molecular flexibility index (Phi) is 5.97. The van der Waals surface area contributed by atoms with Crippen molar-refractivity contribution in [1.29, 1.82) is 0 Å². The van der Waals surface area contributed by atoms with Crippen LogP contribution in [0.3, 0.4) is 0 Å². The van der Waals surface area contributed by atoms with Crippen LogP contribution in [-0.4, -0.2) is 73.1 Å². The fraction of sp³-hybridized carbons (Fsp3) is 0.333. The number of carbonyl (C=O) groups excluding carboxylic acids is 1. The van der Waals surface area contributed by atoms with Crippen LogP contribution in [-0.2, 0) is 6.18 Å². The molecule has 0 saturated carbocycles. The Morgan fingerprint density at radius 3 is 2.53 bits per heavy atom. The number of amides is 2. The van der Waals surface area contributed by atoms with Crippen molar-refractivity contribution in [2.45, 2.75) is 18.6 Å². The van der Waals surface area contributed by atoms with Gasteiger partial charge in [0, 0.05) is 38.8 Å². The summed E-state index contributed by atoms with van der Waals surface area (Å²) in [6.45, 7) is 1.09. The molecule has 0 spiro atoms. The fourth-order valence-electron chi connectivity index (χ4n) is 3.99. The molecule has 5 rings (SSSR count). The zero-order valence-corrected chi connectivity index (χ0v) is 18.5. The number of benzene rings is 1. The number of anilines is 1. The number of piperazine rings is 1. The molecule has 15 heteroatoms. The molecule has 2 aliphatic heterocycles. The predicted octanol–water partition coefficient (Wildman–Crippen LogP) is 3.03. The van der Waals surface area contributed by atoms with Crippen LogP contribution in [0.5, 0.6) is 0 Å². The van der Waals surface area contributed by atoms with Crippen LogP contribution in [0.25, 0.3) is 5.82 Å². The van der Waals surface area contributed by atoms with Gasteiger partial charge in [-0.15, -0.1) is 5.10 Å². The molecule has 2 aromatic heterocycles. The van der Waals surface area contributed by atoms with Gasteiger partial charge in [-0.05, 0) is 17.7 Å². The highest BCUT2D eigenvalue weighted by atomic mass is 19.4. The van der Waals surface area contributed by atoms with E-state index in [2.05, 4.69) is 25.2 Å². The molecule has 0 radical (unpaired) electrons. The van der Waals surface area contributed by atoms with Crippen LogP contribution in [0.2, 0.25) is 0 Å². The molecule has 0 aliphatic carbocycles. The van der Waals surface area contributed by atoms with Gasteiger partial charge in [-0.3, -0.25) is 0 Å². The van der Waals surface area contributed by atoms with Crippen molar-refractivity contribution in [1.82, 2.24) is 34.6 Å². The summed E-state index contributed by atoms with van der Waals surface area (Å²) in [5.74, 6) is -3.21. The first kappa shape index (κ1) is 23.6. The Morgan fingerprint density at radius 1 is 1.06 bits per heavy atom. The van der Waals surface area contributed by atoms with Crippen molar-refractivity contribution >= 4 is 18.2 Å². The second-order valence-corrected chi connectivity index (χ2v) is 8.06. The third kappa shape index (κ3) is 4.55. The van der Waals surface area contributed by atoms with Gasteiger partial charge in [0.2, 0.25) is 5.95 Å². The van der Waals surface area contributed by atoms with Crippen molar-refractivity contribution in [3.8, 4) is 5.82 Å². The topological polar surface area (TPSA) is 95.6 Å². The average Bonchev–Trinajstić information content (AvgIpc) is 3.54. The smallest absolute Gasteiger partial charge is 0.337 e. The molecule has 10 nitrogen and oxygen atoms in total. The molecule has 36 heavy (non-hydrogen) atoms. The maximum atomic E-state index is 14.3. The van der Waals surface area contributed by atoms with E-state index in [1.807, 2.05) is 0 Å². The highest BCUT2D eigenvalue weighted by Crippen LogP contribution is 2.30. The molecular weight excluding hydrogens is 489 g/mol. The zero-order valence-electron chi connectivity index (χ0n) is 18.5. The van der Waals surface area contributed by atoms with Gasteiger partial charge in [-0.1, -0.05) is 12.1 Å². The van der Waals surface area contributed by atoms with Gasteiger partial charge in [0.1, 0.15) is 12.1 Å². The van der Waals surface area contributed by atoms with Crippen LogP contribution in [0.4, 0.5) is 32.7 Å². The third-order valence-electron chi connectivity index (χ3n) is 5.77. The standard InChI is InChI=1S/C21H18F5N9O/c22-14-3-1-2-13(10-14)16-4-5-29-35(16)20(36)33-8-6-32(7-9-33)19-27-11-15(23)17(30-19)34-12-28-18(31-34)21(24,25)26/h1-3,5,10-12,16H,4,6-9H2/t16-/m0/s1. The Hall–Kier alpha value is -4.17. The molecule has 1 aromatic carbocycles. The van der Waals surface area contributed by atoms with Crippen molar-refractivity contribution < 1.29 is 26.7 Å². The van der Waals surface area contributed by atoms with Crippen LogP contribution >= 0.6 is 0 Å². The summed E-state index contributed by atoms with van der Waals surface area (Å²) in [5.41, 5.74) is 0.633. The van der Waals surface area contributed by atoms with E-state index in [1.165, 1.54) is 17.1 Å². The number of hydrogen-bond donors (Lipinski definition) is 0. The highest BCUT2D eigenvalue weighted by Gasteiger charge is 2.37. The molecule has 0 unspecified atom stereocenters. The molecule has 3 aromatic rings. The van der Waals surface area contributed by atoms with E-state index in [1.54, 1.807) is 28.1 Å². The number of alkyl halides is 3. The summed E-state index contributed by atoms with van der Waals surface area (Å²) in [6, 6.07) is 5.24. The van der Waals surface area contributed by atoms with Gasteiger partial charge in [-0.2, -0.15) is 27.9 Å².